The van der Waals surface area contributed by atoms with E-state index in [0.29, 0.717) is 5.56 Å². The molecule has 0 spiro atoms. The smallest absolute Gasteiger partial charge is 0.340 e. The molecule has 0 aliphatic carbocycles. The number of aliphatic hydroxyl groups is 1. The van der Waals surface area contributed by atoms with Gasteiger partial charge in [0.2, 0.25) is 0 Å². The summed E-state index contributed by atoms with van der Waals surface area (Å²) in [7, 11) is 0. The summed E-state index contributed by atoms with van der Waals surface area (Å²) < 4.78 is 0. The van der Waals surface area contributed by atoms with E-state index in [0.717, 1.165) is 11.1 Å². The van der Waals surface area contributed by atoms with E-state index in [1.54, 1.807) is 12.1 Å². The molecule has 2 aromatic carbocycles. The van der Waals surface area contributed by atoms with Gasteiger partial charge in [0.05, 0.1) is 0 Å². The predicted molar refractivity (Wildman–Crippen MR) is 69.1 cm³/mol. The van der Waals surface area contributed by atoms with E-state index < -0.39 is 11.6 Å². The van der Waals surface area contributed by atoms with Crippen LogP contribution in [0.5, 0.6) is 0 Å². The Bertz CT molecular complexity index is 542. The Morgan fingerprint density at radius 3 is 1.94 bits per heavy atom. The molecule has 0 heterocycles. The lowest BCUT2D eigenvalue weighted by Gasteiger charge is -2.18. The Morgan fingerprint density at radius 2 is 1.44 bits per heavy atom. The van der Waals surface area contributed by atoms with Crippen LogP contribution >= 0.6 is 0 Å². The third kappa shape index (κ3) is 2.26. The molecule has 2 aromatic rings. The molecule has 92 valence electrons. The van der Waals surface area contributed by atoms with Crippen molar-refractivity contribution in [3.05, 3.63) is 60.2 Å². The summed E-state index contributed by atoms with van der Waals surface area (Å²) in [6, 6.07) is 16.7. The summed E-state index contributed by atoms with van der Waals surface area (Å²) in [5.41, 5.74) is 0.559. The first-order chi connectivity index (χ1) is 8.51. The van der Waals surface area contributed by atoms with Crippen LogP contribution < -0.4 is 0 Å². The fraction of sp³-hybridized carbons (Fsp3) is 0.133. The summed E-state index contributed by atoms with van der Waals surface area (Å²) in [6.45, 7) is 1.27. The number of hydrogen-bond donors (Lipinski definition) is 2. The summed E-state index contributed by atoms with van der Waals surface area (Å²) in [4.78, 5) is 10.9. The van der Waals surface area contributed by atoms with Crippen LogP contribution in [0.2, 0.25) is 0 Å². The van der Waals surface area contributed by atoms with Gasteiger partial charge in [-0.1, -0.05) is 54.6 Å². The van der Waals surface area contributed by atoms with Gasteiger partial charge < -0.3 is 10.2 Å². The van der Waals surface area contributed by atoms with Gasteiger partial charge in [-0.2, -0.15) is 0 Å². The first-order valence-corrected chi connectivity index (χ1v) is 5.63. The maximum atomic E-state index is 10.9. The van der Waals surface area contributed by atoms with Crippen LogP contribution in [0.1, 0.15) is 12.5 Å². The van der Waals surface area contributed by atoms with Gasteiger partial charge in [-0.25, -0.2) is 4.79 Å². The Kier molecular flexibility index (Phi) is 3.17. The quantitative estimate of drug-likeness (QED) is 0.869. The van der Waals surface area contributed by atoms with Crippen molar-refractivity contribution < 1.29 is 15.0 Å². The second-order valence-corrected chi connectivity index (χ2v) is 4.32. The Morgan fingerprint density at radius 1 is 0.944 bits per heavy atom. The van der Waals surface area contributed by atoms with E-state index in [1.165, 1.54) is 6.92 Å². The van der Waals surface area contributed by atoms with Crippen molar-refractivity contribution >= 4 is 5.97 Å². The highest BCUT2D eigenvalue weighted by Crippen LogP contribution is 2.25. The van der Waals surface area contributed by atoms with E-state index >= 15 is 0 Å². The van der Waals surface area contributed by atoms with Crippen LogP contribution in [0.3, 0.4) is 0 Å². The van der Waals surface area contributed by atoms with Crippen LogP contribution in [-0.2, 0) is 10.4 Å². The lowest BCUT2D eigenvalue weighted by molar-refractivity contribution is -0.157. The molecule has 2 rings (SSSR count). The summed E-state index contributed by atoms with van der Waals surface area (Å²) in [6.07, 6.45) is 0. The monoisotopic (exact) mass is 242 g/mol. The largest absolute Gasteiger partial charge is 0.479 e. The number of carboxylic acids is 1. The second-order valence-electron chi connectivity index (χ2n) is 4.32. The van der Waals surface area contributed by atoms with Gasteiger partial charge in [0.25, 0.3) is 0 Å². The van der Waals surface area contributed by atoms with E-state index in [-0.39, 0.29) is 0 Å². The molecule has 0 amide bonds. The molecule has 18 heavy (non-hydrogen) atoms. The minimum absolute atomic E-state index is 0.370. The number of carboxylic acid groups (broad SMARTS) is 1. The zero-order chi connectivity index (χ0) is 13.2. The summed E-state index contributed by atoms with van der Waals surface area (Å²) in [5.74, 6) is -1.25. The fourth-order valence-corrected chi connectivity index (χ4v) is 1.74. The first-order valence-electron chi connectivity index (χ1n) is 5.63. The van der Waals surface area contributed by atoms with Gasteiger partial charge in [0, 0.05) is 0 Å². The number of aliphatic carboxylic acids is 1. The third-order valence-corrected chi connectivity index (χ3v) is 2.97. The Hall–Kier alpha value is -2.13. The molecule has 0 aliphatic rings. The second kappa shape index (κ2) is 4.63. The van der Waals surface area contributed by atoms with Crippen molar-refractivity contribution in [3.8, 4) is 11.1 Å². The molecule has 1 unspecified atom stereocenters. The van der Waals surface area contributed by atoms with E-state index in [1.807, 2.05) is 42.5 Å². The minimum atomic E-state index is -1.85. The van der Waals surface area contributed by atoms with Gasteiger partial charge >= 0.3 is 5.97 Å². The lowest BCUT2D eigenvalue weighted by Crippen LogP contribution is -2.31. The SMILES string of the molecule is CC(O)(C(=O)O)c1ccc(-c2ccccc2)cc1. The number of benzene rings is 2. The highest BCUT2D eigenvalue weighted by Gasteiger charge is 2.31. The maximum absolute atomic E-state index is 10.9. The van der Waals surface area contributed by atoms with Crippen molar-refractivity contribution in [3.63, 3.8) is 0 Å². The van der Waals surface area contributed by atoms with Crippen LogP contribution in [0.25, 0.3) is 11.1 Å². The van der Waals surface area contributed by atoms with E-state index in [9.17, 15) is 9.90 Å². The summed E-state index contributed by atoms with van der Waals surface area (Å²) >= 11 is 0. The van der Waals surface area contributed by atoms with Gasteiger partial charge in [-0.3, -0.25) is 0 Å². The van der Waals surface area contributed by atoms with Crippen molar-refractivity contribution in [1.82, 2.24) is 0 Å². The molecule has 2 N–H and O–H groups in total. The number of rotatable bonds is 3. The van der Waals surface area contributed by atoms with Crippen LogP contribution in [0, 0.1) is 0 Å². The summed E-state index contributed by atoms with van der Waals surface area (Å²) in [5, 5.41) is 18.8. The molecule has 0 saturated carbocycles. The minimum Gasteiger partial charge on any atom is -0.479 e. The molecule has 0 aromatic heterocycles. The van der Waals surface area contributed by atoms with Crippen LogP contribution in [0.15, 0.2) is 54.6 Å². The van der Waals surface area contributed by atoms with Crippen molar-refractivity contribution in [2.45, 2.75) is 12.5 Å². The Labute approximate surface area is 105 Å². The van der Waals surface area contributed by atoms with E-state index in [4.69, 9.17) is 5.11 Å². The molecule has 3 heteroatoms. The third-order valence-electron chi connectivity index (χ3n) is 2.97. The van der Waals surface area contributed by atoms with Crippen molar-refractivity contribution in [1.29, 1.82) is 0 Å². The number of hydrogen-bond acceptors (Lipinski definition) is 2. The topological polar surface area (TPSA) is 57.5 Å². The molecule has 0 bridgehead atoms. The zero-order valence-corrected chi connectivity index (χ0v) is 10.00. The van der Waals surface area contributed by atoms with Crippen LogP contribution in [0.4, 0.5) is 0 Å². The average molecular weight is 242 g/mol. The van der Waals surface area contributed by atoms with Gasteiger partial charge in [0.1, 0.15) is 0 Å². The Balaban J connectivity index is 2.35. The zero-order valence-electron chi connectivity index (χ0n) is 10.00. The highest BCUT2D eigenvalue weighted by atomic mass is 16.4. The standard InChI is InChI=1S/C15H14O3/c1-15(18,14(16)17)13-9-7-12(8-10-13)11-5-3-2-4-6-11/h2-10,18H,1H3,(H,16,17). The molecule has 0 radical (unpaired) electrons. The lowest BCUT2D eigenvalue weighted by atomic mass is 9.94. The van der Waals surface area contributed by atoms with Gasteiger partial charge in [-0.05, 0) is 23.6 Å². The van der Waals surface area contributed by atoms with Gasteiger partial charge in [0.15, 0.2) is 5.60 Å². The normalized spacial score (nSPS) is 13.9. The molecular weight excluding hydrogens is 228 g/mol. The molecular formula is C15H14O3. The number of carbonyl (C=O) groups is 1. The van der Waals surface area contributed by atoms with E-state index in [2.05, 4.69) is 0 Å². The molecule has 0 aliphatic heterocycles. The molecule has 0 fully saturated rings. The fourth-order valence-electron chi connectivity index (χ4n) is 1.74. The molecule has 3 nitrogen and oxygen atoms in total. The highest BCUT2D eigenvalue weighted by molar-refractivity contribution is 5.79. The molecule has 1 atom stereocenters. The van der Waals surface area contributed by atoms with Gasteiger partial charge in [-0.15, -0.1) is 0 Å². The predicted octanol–water partition coefficient (Wildman–Crippen LogP) is 2.65. The van der Waals surface area contributed by atoms with Crippen molar-refractivity contribution in [2.24, 2.45) is 0 Å². The average Bonchev–Trinajstić information content (AvgIpc) is 2.40. The van der Waals surface area contributed by atoms with Crippen molar-refractivity contribution in [2.75, 3.05) is 0 Å². The first kappa shape index (κ1) is 12.3. The molecule has 0 saturated heterocycles. The van der Waals surface area contributed by atoms with Crippen LogP contribution in [-0.4, -0.2) is 16.2 Å². The maximum Gasteiger partial charge on any atom is 0.340 e.